The molecule has 88 valence electrons. The number of phenols is 1. The lowest BCUT2D eigenvalue weighted by Gasteiger charge is -2.15. The fourth-order valence-electron chi connectivity index (χ4n) is 1.21. The number of aliphatic hydroxyl groups excluding tert-OH is 1. The Morgan fingerprint density at radius 1 is 1.38 bits per heavy atom. The second kappa shape index (κ2) is 5.12. The van der Waals surface area contributed by atoms with Crippen LogP contribution >= 0.6 is 0 Å². The molecule has 16 heavy (non-hydrogen) atoms. The van der Waals surface area contributed by atoms with Crippen molar-refractivity contribution in [3.05, 3.63) is 29.3 Å². The Bertz CT molecular complexity index is 384. The van der Waals surface area contributed by atoms with Crippen molar-refractivity contribution in [2.75, 3.05) is 6.61 Å². The minimum atomic E-state index is -0.505. The first-order valence-electron chi connectivity index (χ1n) is 5.46. The molecule has 0 aliphatic heterocycles. The van der Waals surface area contributed by atoms with Crippen molar-refractivity contribution >= 4 is 6.21 Å². The summed E-state index contributed by atoms with van der Waals surface area (Å²) in [5.41, 5.74) is 1.34. The minimum absolute atomic E-state index is 0.0161. The average molecular weight is 221 g/mol. The molecule has 0 saturated carbocycles. The Kier molecular flexibility index (Phi) is 4.07. The molecule has 0 aliphatic rings. The lowest BCUT2D eigenvalue weighted by molar-refractivity contribution is 0.223. The van der Waals surface area contributed by atoms with E-state index in [2.05, 4.69) is 11.9 Å². The van der Waals surface area contributed by atoms with E-state index in [1.165, 1.54) is 0 Å². The zero-order chi connectivity index (χ0) is 12.2. The smallest absolute Gasteiger partial charge is 0.124 e. The third kappa shape index (κ3) is 3.35. The first kappa shape index (κ1) is 12.7. The van der Waals surface area contributed by atoms with Crippen molar-refractivity contribution in [2.45, 2.75) is 32.7 Å². The van der Waals surface area contributed by atoms with Gasteiger partial charge in [-0.25, -0.2) is 0 Å². The maximum Gasteiger partial charge on any atom is 0.124 e. The summed E-state index contributed by atoms with van der Waals surface area (Å²) in [4.78, 5) is 4.25. The van der Waals surface area contributed by atoms with E-state index >= 15 is 0 Å². The van der Waals surface area contributed by atoms with E-state index in [1.807, 2.05) is 26.0 Å². The van der Waals surface area contributed by atoms with Gasteiger partial charge in [0, 0.05) is 11.8 Å². The van der Waals surface area contributed by atoms with Crippen LogP contribution < -0.4 is 0 Å². The van der Waals surface area contributed by atoms with Gasteiger partial charge in [0.2, 0.25) is 0 Å². The molecule has 3 nitrogen and oxygen atoms in total. The van der Waals surface area contributed by atoms with Gasteiger partial charge < -0.3 is 10.2 Å². The van der Waals surface area contributed by atoms with Crippen molar-refractivity contribution < 1.29 is 10.2 Å². The molecule has 3 heteroatoms. The average Bonchev–Trinajstić information content (AvgIpc) is 2.28. The number of phenolic OH excluding ortho intramolecular Hbond substituents is 1. The topological polar surface area (TPSA) is 52.8 Å². The van der Waals surface area contributed by atoms with Crippen LogP contribution in [0.15, 0.2) is 23.2 Å². The fourth-order valence-corrected chi connectivity index (χ4v) is 1.21. The lowest BCUT2D eigenvalue weighted by atomic mass is 10.1. The zero-order valence-corrected chi connectivity index (χ0v) is 10.1. The lowest BCUT2D eigenvalue weighted by Crippen LogP contribution is -2.22. The van der Waals surface area contributed by atoms with Crippen molar-refractivity contribution in [2.24, 2.45) is 4.99 Å². The largest absolute Gasteiger partial charge is 0.507 e. The van der Waals surface area contributed by atoms with E-state index in [9.17, 15) is 5.11 Å². The molecule has 0 heterocycles. The summed E-state index contributed by atoms with van der Waals surface area (Å²) in [6, 6.07) is 5.47. The van der Waals surface area contributed by atoms with Gasteiger partial charge in [0.15, 0.2) is 0 Å². The Labute approximate surface area is 96.5 Å². The summed E-state index contributed by atoms with van der Waals surface area (Å²) in [6.45, 7) is 5.72. The molecule has 0 aliphatic carbocycles. The van der Waals surface area contributed by atoms with Crippen molar-refractivity contribution in [3.8, 4) is 5.75 Å². The SMILES string of the molecule is CCc1ccc(O)c(C=NC(C)(C)CO)c1. The fraction of sp³-hybridized carbons (Fsp3) is 0.462. The number of hydrogen-bond donors (Lipinski definition) is 2. The van der Waals surface area contributed by atoms with Crippen LogP contribution in [-0.2, 0) is 6.42 Å². The van der Waals surface area contributed by atoms with Crippen molar-refractivity contribution in [1.29, 1.82) is 0 Å². The first-order valence-corrected chi connectivity index (χ1v) is 5.46. The molecule has 0 spiro atoms. The summed E-state index contributed by atoms with van der Waals surface area (Å²) >= 11 is 0. The van der Waals surface area contributed by atoms with E-state index in [0.717, 1.165) is 12.0 Å². The number of aliphatic hydroxyl groups is 1. The van der Waals surface area contributed by atoms with Gasteiger partial charge in [-0.05, 0) is 38.0 Å². The normalized spacial score (nSPS) is 12.2. The molecule has 0 unspecified atom stereocenters. The summed E-state index contributed by atoms with van der Waals surface area (Å²) in [7, 11) is 0. The van der Waals surface area contributed by atoms with E-state index in [1.54, 1.807) is 12.3 Å². The van der Waals surface area contributed by atoms with Gasteiger partial charge >= 0.3 is 0 Å². The monoisotopic (exact) mass is 221 g/mol. The molecule has 1 aromatic carbocycles. The van der Waals surface area contributed by atoms with Crippen LogP contribution in [-0.4, -0.2) is 28.6 Å². The van der Waals surface area contributed by atoms with Gasteiger partial charge in [0.25, 0.3) is 0 Å². The Balaban J connectivity index is 2.96. The van der Waals surface area contributed by atoms with Crippen molar-refractivity contribution in [3.63, 3.8) is 0 Å². The molecular weight excluding hydrogens is 202 g/mol. The number of aliphatic imine (C=N–C) groups is 1. The quantitative estimate of drug-likeness (QED) is 0.765. The highest BCUT2D eigenvalue weighted by molar-refractivity contribution is 5.83. The highest BCUT2D eigenvalue weighted by atomic mass is 16.3. The van der Waals surface area contributed by atoms with Gasteiger partial charge in [-0.2, -0.15) is 0 Å². The van der Waals surface area contributed by atoms with E-state index in [4.69, 9.17) is 5.11 Å². The van der Waals surface area contributed by atoms with Crippen molar-refractivity contribution in [1.82, 2.24) is 0 Å². The molecule has 0 fully saturated rings. The summed E-state index contributed by atoms with van der Waals surface area (Å²) in [6.07, 6.45) is 2.54. The predicted octanol–water partition coefficient (Wildman–Crippen LogP) is 2.14. The van der Waals surface area contributed by atoms with Crippen LogP contribution in [0.25, 0.3) is 0 Å². The molecule has 0 saturated heterocycles. The Morgan fingerprint density at radius 2 is 2.06 bits per heavy atom. The zero-order valence-electron chi connectivity index (χ0n) is 10.1. The second-order valence-electron chi connectivity index (χ2n) is 4.48. The molecule has 0 aromatic heterocycles. The van der Waals surface area contributed by atoms with E-state index < -0.39 is 5.54 Å². The Hall–Kier alpha value is -1.35. The van der Waals surface area contributed by atoms with Crippen LogP contribution in [0.3, 0.4) is 0 Å². The molecule has 0 radical (unpaired) electrons. The number of rotatable bonds is 4. The number of aromatic hydroxyl groups is 1. The molecule has 1 rings (SSSR count). The number of benzene rings is 1. The number of hydrogen-bond acceptors (Lipinski definition) is 3. The standard InChI is InChI=1S/C13H19NO2/c1-4-10-5-6-12(16)11(7-10)8-14-13(2,3)9-15/h5-8,15-16H,4,9H2,1-3H3. The van der Waals surface area contributed by atoms with Gasteiger partial charge in [0.1, 0.15) is 5.75 Å². The first-order chi connectivity index (χ1) is 7.48. The van der Waals surface area contributed by atoms with Crippen LogP contribution in [0.5, 0.6) is 5.75 Å². The highest BCUT2D eigenvalue weighted by Gasteiger charge is 2.13. The summed E-state index contributed by atoms with van der Waals surface area (Å²) in [5.74, 6) is 0.217. The van der Waals surface area contributed by atoms with Crippen LogP contribution in [0, 0.1) is 0 Å². The Morgan fingerprint density at radius 3 is 2.62 bits per heavy atom. The molecule has 2 N–H and O–H groups in total. The van der Waals surface area contributed by atoms with Gasteiger partial charge in [0.05, 0.1) is 12.1 Å². The molecule has 0 bridgehead atoms. The summed E-state index contributed by atoms with van der Waals surface area (Å²) < 4.78 is 0. The van der Waals surface area contributed by atoms with Gasteiger partial charge in [-0.15, -0.1) is 0 Å². The molecule has 0 atom stereocenters. The summed E-state index contributed by atoms with van der Waals surface area (Å²) in [5, 5.41) is 18.7. The molecular formula is C13H19NO2. The van der Waals surface area contributed by atoms with Crippen LogP contribution in [0.4, 0.5) is 0 Å². The highest BCUT2D eigenvalue weighted by Crippen LogP contribution is 2.18. The van der Waals surface area contributed by atoms with Crippen LogP contribution in [0.2, 0.25) is 0 Å². The maximum atomic E-state index is 9.65. The second-order valence-corrected chi connectivity index (χ2v) is 4.48. The number of aryl methyl sites for hydroxylation is 1. The minimum Gasteiger partial charge on any atom is -0.507 e. The van der Waals surface area contributed by atoms with Gasteiger partial charge in [-0.1, -0.05) is 13.0 Å². The molecule has 1 aromatic rings. The third-order valence-corrected chi connectivity index (χ3v) is 2.44. The number of nitrogens with zero attached hydrogens (tertiary/aromatic N) is 1. The van der Waals surface area contributed by atoms with E-state index in [-0.39, 0.29) is 12.4 Å². The van der Waals surface area contributed by atoms with Crippen LogP contribution in [0.1, 0.15) is 31.9 Å². The molecule has 0 amide bonds. The third-order valence-electron chi connectivity index (χ3n) is 2.44. The predicted molar refractivity (Wildman–Crippen MR) is 66.2 cm³/mol. The van der Waals surface area contributed by atoms with E-state index in [0.29, 0.717) is 5.56 Å². The maximum absolute atomic E-state index is 9.65. The van der Waals surface area contributed by atoms with Gasteiger partial charge in [-0.3, -0.25) is 4.99 Å².